The first-order valence-corrected chi connectivity index (χ1v) is 5.43. The minimum absolute atomic E-state index is 0.569. The molecule has 4 nitrogen and oxygen atoms in total. The summed E-state index contributed by atoms with van der Waals surface area (Å²) in [6.45, 7) is 4.15. The Morgan fingerprint density at radius 3 is 2.93 bits per heavy atom. The van der Waals surface area contributed by atoms with Crippen molar-refractivity contribution in [2.45, 2.75) is 38.5 Å². The van der Waals surface area contributed by atoms with Crippen molar-refractivity contribution in [2.24, 2.45) is 0 Å². The van der Waals surface area contributed by atoms with Gasteiger partial charge < -0.3 is 9.73 Å². The molecule has 1 aromatic heterocycles. The molecule has 2 rings (SSSR count). The number of hydrogen-bond acceptors (Lipinski definition) is 4. The lowest BCUT2D eigenvalue weighted by Gasteiger charge is -1.98. The van der Waals surface area contributed by atoms with Crippen molar-refractivity contribution in [2.75, 3.05) is 13.1 Å². The van der Waals surface area contributed by atoms with Crippen molar-refractivity contribution in [3.8, 4) is 0 Å². The third-order valence-electron chi connectivity index (χ3n) is 2.35. The Morgan fingerprint density at radius 1 is 1.36 bits per heavy atom. The van der Waals surface area contributed by atoms with Crippen LogP contribution >= 0.6 is 0 Å². The van der Waals surface area contributed by atoms with Crippen molar-refractivity contribution in [1.82, 2.24) is 15.5 Å². The van der Waals surface area contributed by atoms with Gasteiger partial charge in [-0.05, 0) is 25.8 Å². The molecule has 14 heavy (non-hydrogen) atoms. The molecule has 78 valence electrons. The Bertz CT molecular complexity index is 281. The molecule has 0 bridgehead atoms. The molecule has 1 N–H and O–H groups in total. The van der Waals surface area contributed by atoms with Crippen molar-refractivity contribution in [1.29, 1.82) is 0 Å². The zero-order valence-corrected chi connectivity index (χ0v) is 8.62. The van der Waals surface area contributed by atoms with Crippen molar-refractivity contribution in [3.63, 3.8) is 0 Å². The van der Waals surface area contributed by atoms with Gasteiger partial charge in [-0.2, -0.15) is 0 Å². The molecule has 0 radical (unpaired) electrons. The van der Waals surface area contributed by atoms with E-state index in [1.165, 1.54) is 12.8 Å². The normalized spacial score (nSPS) is 16.1. The van der Waals surface area contributed by atoms with Crippen LogP contribution in [0.2, 0.25) is 0 Å². The maximum atomic E-state index is 5.53. The van der Waals surface area contributed by atoms with Gasteiger partial charge in [-0.1, -0.05) is 6.92 Å². The Kier molecular flexibility index (Phi) is 3.14. The lowest BCUT2D eigenvalue weighted by atomic mass is 10.4. The van der Waals surface area contributed by atoms with Gasteiger partial charge in [0.15, 0.2) is 0 Å². The van der Waals surface area contributed by atoms with Crippen LogP contribution in [0, 0.1) is 0 Å². The summed E-state index contributed by atoms with van der Waals surface area (Å²) < 4.78 is 5.53. The van der Waals surface area contributed by atoms with Gasteiger partial charge in [0, 0.05) is 18.9 Å². The van der Waals surface area contributed by atoms with Crippen molar-refractivity contribution < 1.29 is 4.42 Å². The summed E-state index contributed by atoms with van der Waals surface area (Å²) in [5, 5.41) is 11.4. The molecule has 1 aliphatic carbocycles. The lowest BCUT2D eigenvalue weighted by Crippen LogP contribution is -2.17. The fraction of sp³-hybridized carbons (Fsp3) is 0.800. The van der Waals surface area contributed by atoms with Crippen LogP contribution in [0.3, 0.4) is 0 Å². The molecule has 0 spiro atoms. The van der Waals surface area contributed by atoms with E-state index in [1.807, 2.05) is 0 Å². The maximum absolute atomic E-state index is 5.53. The highest BCUT2D eigenvalue weighted by Crippen LogP contribution is 2.38. The molecule has 4 heteroatoms. The van der Waals surface area contributed by atoms with Gasteiger partial charge in [0.2, 0.25) is 11.8 Å². The van der Waals surface area contributed by atoms with E-state index in [0.717, 1.165) is 37.7 Å². The quantitative estimate of drug-likeness (QED) is 0.699. The van der Waals surface area contributed by atoms with Gasteiger partial charge >= 0.3 is 0 Å². The van der Waals surface area contributed by atoms with E-state index < -0.39 is 0 Å². The average molecular weight is 195 g/mol. The number of aromatic nitrogens is 2. The lowest BCUT2D eigenvalue weighted by molar-refractivity contribution is 0.445. The van der Waals surface area contributed by atoms with Gasteiger partial charge in [0.25, 0.3) is 0 Å². The van der Waals surface area contributed by atoms with Gasteiger partial charge in [-0.3, -0.25) is 0 Å². The first-order chi connectivity index (χ1) is 6.90. The van der Waals surface area contributed by atoms with Crippen LogP contribution in [-0.4, -0.2) is 23.3 Å². The third-order valence-corrected chi connectivity index (χ3v) is 2.35. The van der Waals surface area contributed by atoms with Crippen molar-refractivity contribution in [3.05, 3.63) is 11.8 Å². The molecule has 0 aromatic carbocycles. The number of rotatable bonds is 6. The second-order valence-electron chi connectivity index (χ2n) is 3.81. The average Bonchev–Trinajstić information content (AvgIpc) is 2.94. The van der Waals surface area contributed by atoms with E-state index in [2.05, 4.69) is 22.4 Å². The van der Waals surface area contributed by atoms with Crippen molar-refractivity contribution >= 4 is 0 Å². The standard InChI is InChI=1S/C10H17N3O/c1-2-6-11-7-5-9-12-13-10(14-9)8-3-4-8/h8,11H,2-7H2,1H3. The van der Waals surface area contributed by atoms with E-state index in [1.54, 1.807) is 0 Å². The molecule has 1 aromatic rings. The smallest absolute Gasteiger partial charge is 0.219 e. The van der Waals surface area contributed by atoms with Crippen LogP contribution in [0.15, 0.2) is 4.42 Å². The molecular weight excluding hydrogens is 178 g/mol. The number of nitrogens with zero attached hydrogens (tertiary/aromatic N) is 2. The highest BCUT2D eigenvalue weighted by Gasteiger charge is 2.29. The fourth-order valence-corrected chi connectivity index (χ4v) is 1.36. The molecule has 1 saturated carbocycles. The topological polar surface area (TPSA) is 51.0 Å². The highest BCUT2D eigenvalue weighted by molar-refractivity contribution is 5.00. The van der Waals surface area contributed by atoms with Crippen LogP contribution in [0.5, 0.6) is 0 Å². The number of nitrogens with one attached hydrogen (secondary N) is 1. The third kappa shape index (κ3) is 2.54. The SMILES string of the molecule is CCCNCCc1nnc(C2CC2)o1. The van der Waals surface area contributed by atoms with Gasteiger partial charge in [0.1, 0.15) is 0 Å². The van der Waals surface area contributed by atoms with Crippen LogP contribution in [-0.2, 0) is 6.42 Å². The van der Waals surface area contributed by atoms with Gasteiger partial charge in [-0.15, -0.1) is 10.2 Å². The van der Waals surface area contributed by atoms with Crippen LogP contribution in [0.25, 0.3) is 0 Å². The Hall–Kier alpha value is -0.900. The Morgan fingerprint density at radius 2 is 2.21 bits per heavy atom. The largest absolute Gasteiger partial charge is 0.425 e. The fourth-order valence-electron chi connectivity index (χ4n) is 1.36. The predicted molar refractivity (Wildman–Crippen MR) is 53.1 cm³/mol. The minimum atomic E-state index is 0.569. The Labute approximate surface area is 84.1 Å². The summed E-state index contributed by atoms with van der Waals surface area (Å²) >= 11 is 0. The van der Waals surface area contributed by atoms with E-state index in [-0.39, 0.29) is 0 Å². The maximum Gasteiger partial charge on any atom is 0.219 e. The monoisotopic (exact) mass is 195 g/mol. The molecule has 1 fully saturated rings. The Balaban J connectivity index is 1.72. The van der Waals surface area contributed by atoms with Crippen LogP contribution in [0.1, 0.15) is 43.9 Å². The van der Waals surface area contributed by atoms with Gasteiger partial charge in [0.05, 0.1) is 0 Å². The molecule has 1 heterocycles. The molecule has 0 aliphatic heterocycles. The molecule has 1 aliphatic rings. The summed E-state index contributed by atoms with van der Waals surface area (Å²) in [6, 6.07) is 0. The summed E-state index contributed by atoms with van der Waals surface area (Å²) in [5.41, 5.74) is 0. The zero-order chi connectivity index (χ0) is 9.80. The summed E-state index contributed by atoms with van der Waals surface area (Å²) in [7, 11) is 0. The molecule has 0 amide bonds. The first kappa shape index (κ1) is 9.65. The van der Waals surface area contributed by atoms with Crippen LogP contribution in [0.4, 0.5) is 0 Å². The summed E-state index contributed by atoms with van der Waals surface area (Å²) in [4.78, 5) is 0. The van der Waals surface area contributed by atoms with E-state index in [4.69, 9.17) is 4.42 Å². The van der Waals surface area contributed by atoms with Gasteiger partial charge in [-0.25, -0.2) is 0 Å². The molecule has 0 saturated heterocycles. The molecular formula is C10H17N3O. The van der Waals surface area contributed by atoms with E-state index >= 15 is 0 Å². The molecule has 0 atom stereocenters. The predicted octanol–water partition coefficient (Wildman–Crippen LogP) is 1.49. The molecule has 0 unspecified atom stereocenters. The summed E-state index contributed by atoms with van der Waals surface area (Å²) in [5.74, 6) is 2.19. The summed E-state index contributed by atoms with van der Waals surface area (Å²) in [6.07, 6.45) is 4.45. The second kappa shape index (κ2) is 4.55. The second-order valence-corrected chi connectivity index (χ2v) is 3.81. The minimum Gasteiger partial charge on any atom is -0.425 e. The zero-order valence-electron chi connectivity index (χ0n) is 8.62. The van der Waals surface area contributed by atoms with E-state index in [9.17, 15) is 0 Å². The highest BCUT2D eigenvalue weighted by atomic mass is 16.4. The first-order valence-electron chi connectivity index (χ1n) is 5.43. The van der Waals surface area contributed by atoms with Crippen LogP contribution < -0.4 is 5.32 Å². The number of hydrogen-bond donors (Lipinski definition) is 1. The van der Waals surface area contributed by atoms with E-state index in [0.29, 0.717) is 5.92 Å².